The minimum absolute atomic E-state index is 0.0147. The summed E-state index contributed by atoms with van der Waals surface area (Å²) in [5.41, 5.74) is 1.43. The van der Waals surface area contributed by atoms with Gasteiger partial charge in [0.1, 0.15) is 11.4 Å². The maximum atomic E-state index is 14.6. The van der Waals surface area contributed by atoms with E-state index in [2.05, 4.69) is 22.3 Å². The third-order valence-corrected chi connectivity index (χ3v) is 8.49. The summed E-state index contributed by atoms with van der Waals surface area (Å²) in [7, 11) is -3.39. The summed E-state index contributed by atoms with van der Waals surface area (Å²) >= 11 is 0. The Hall–Kier alpha value is -3.56. The number of amides is 3. The largest absolute Gasteiger partial charge is 0.329 e. The SMILES string of the molecule is C[C@H]1C[C@]2(CCN1Cc1ccccc1)C(=O)NC(=O)N2c1cc(F)ccc1-c1ccc(S(C)(=O)=O)cc1. The average molecular weight is 522 g/mol. The molecule has 2 heterocycles. The monoisotopic (exact) mass is 521 g/mol. The van der Waals surface area contributed by atoms with Crippen molar-refractivity contribution in [3.63, 3.8) is 0 Å². The smallest absolute Gasteiger partial charge is 0.296 e. The number of imide groups is 1. The second kappa shape index (κ2) is 9.39. The molecule has 3 aromatic rings. The Morgan fingerprint density at radius 1 is 1.03 bits per heavy atom. The van der Waals surface area contributed by atoms with Crippen molar-refractivity contribution in [3.8, 4) is 11.1 Å². The Morgan fingerprint density at radius 3 is 2.38 bits per heavy atom. The number of sulfone groups is 1. The van der Waals surface area contributed by atoms with E-state index in [4.69, 9.17) is 0 Å². The van der Waals surface area contributed by atoms with Gasteiger partial charge in [-0.25, -0.2) is 17.6 Å². The van der Waals surface area contributed by atoms with Crippen LogP contribution in [0.4, 0.5) is 14.9 Å². The summed E-state index contributed by atoms with van der Waals surface area (Å²) in [6, 6.07) is 19.8. The van der Waals surface area contributed by atoms with Crippen LogP contribution in [-0.4, -0.2) is 49.6 Å². The lowest BCUT2D eigenvalue weighted by Crippen LogP contribution is -2.59. The van der Waals surface area contributed by atoms with Gasteiger partial charge in [0, 0.05) is 31.0 Å². The van der Waals surface area contributed by atoms with Crippen molar-refractivity contribution in [1.82, 2.24) is 10.2 Å². The molecule has 5 rings (SSSR count). The first kappa shape index (κ1) is 25.1. The molecule has 37 heavy (non-hydrogen) atoms. The van der Waals surface area contributed by atoms with Crippen LogP contribution in [-0.2, 0) is 21.2 Å². The number of hydrogen-bond donors (Lipinski definition) is 1. The first-order valence-electron chi connectivity index (χ1n) is 12.1. The van der Waals surface area contributed by atoms with Gasteiger partial charge in [-0.05, 0) is 61.2 Å². The van der Waals surface area contributed by atoms with Crippen molar-refractivity contribution < 1.29 is 22.4 Å². The summed E-state index contributed by atoms with van der Waals surface area (Å²) in [4.78, 5) is 30.3. The number of carbonyl (C=O) groups is 2. The van der Waals surface area contributed by atoms with Crippen LogP contribution in [0.1, 0.15) is 25.3 Å². The van der Waals surface area contributed by atoms with Crippen molar-refractivity contribution in [2.45, 2.75) is 42.8 Å². The van der Waals surface area contributed by atoms with Crippen molar-refractivity contribution >= 4 is 27.5 Å². The fourth-order valence-corrected chi connectivity index (χ4v) is 6.08. The van der Waals surface area contributed by atoms with Gasteiger partial charge in [-0.3, -0.25) is 19.9 Å². The highest BCUT2D eigenvalue weighted by atomic mass is 32.2. The molecule has 192 valence electrons. The highest BCUT2D eigenvalue weighted by molar-refractivity contribution is 7.90. The predicted octanol–water partition coefficient (Wildman–Crippen LogP) is 4.38. The maximum Gasteiger partial charge on any atom is 0.329 e. The molecule has 0 aliphatic carbocycles. The van der Waals surface area contributed by atoms with Gasteiger partial charge in [-0.2, -0.15) is 0 Å². The van der Waals surface area contributed by atoms with Gasteiger partial charge in [0.25, 0.3) is 5.91 Å². The van der Waals surface area contributed by atoms with Crippen molar-refractivity contribution in [3.05, 3.63) is 84.2 Å². The number of carbonyl (C=O) groups excluding carboxylic acids is 2. The molecule has 7 nitrogen and oxygen atoms in total. The number of halogens is 1. The molecule has 2 saturated heterocycles. The highest BCUT2D eigenvalue weighted by Gasteiger charge is 2.56. The normalized spacial score (nSPS) is 22.5. The molecule has 0 radical (unpaired) electrons. The number of anilines is 1. The second-order valence-electron chi connectivity index (χ2n) is 9.84. The van der Waals surface area contributed by atoms with E-state index in [0.717, 1.165) is 12.8 Å². The lowest BCUT2D eigenvalue weighted by Gasteiger charge is -2.46. The number of rotatable bonds is 5. The van der Waals surface area contributed by atoms with Gasteiger partial charge in [-0.1, -0.05) is 42.5 Å². The minimum Gasteiger partial charge on any atom is -0.296 e. The molecule has 9 heteroatoms. The van der Waals surface area contributed by atoms with Crippen LogP contribution in [0.2, 0.25) is 0 Å². The summed E-state index contributed by atoms with van der Waals surface area (Å²) in [5, 5.41) is 2.47. The molecule has 2 aliphatic heterocycles. The first-order valence-corrected chi connectivity index (χ1v) is 14.0. The molecule has 0 unspecified atom stereocenters. The quantitative estimate of drug-likeness (QED) is 0.504. The van der Waals surface area contributed by atoms with Gasteiger partial charge >= 0.3 is 6.03 Å². The van der Waals surface area contributed by atoms with E-state index in [1.165, 1.54) is 34.7 Å². The van der Waals surface area contributed by atoms with Crippen LogP contribution in [0.5, 0.6) is 0 Å². The standard InChI is InChI=1S/C28H28FN3O4S/c1-19-17-28(14-15-31(19)18-20-6-4-3-5-7-20)26(33)30-27(34)32(28)25-16-22(29)10-13-24(25)21-8-11-23(12-9-21)37(2,35)36/h3-13,16,19H,14-15,17-18H2,1-2H3,(H,30,33,34)/t19-,28+/m0/s1. The number of likely N-dealkylation sites (tertiary alicyclic amines) is 1. The Balaban J connectivity index is 1.51. The van der Waals surface area contributed by atoms with E-state index < -0.39 is 27.2 Å². The Morgan fingerprint density at radius 2 is 1.73 bits per heavy atom. The molecule has 3 amide bonds. The van der Waals surface area contributed by atoms with Crippen LogP contribution in [0.25, 0.3) is 11.1 Å². The molecule has 2 fully saturated rings. The number of hydrogen-bond acceptors (Lipinski definition) is 5. The van der Waals surface area contributed by atoms with Crippen LogP contribution in [0, 0.1) is 5.82 Å². The number of piperidine rings is 1. The molecule has 1 N–H and O–H groups in total. The second-order valence-corrected chi connectivity index (χ2v) is 11.9. The molecule has 0 aromatic heterocycles. The lowest BCUT2D eigenvalue weighted by atomic mass is 9.81. The Labute approximate surface area is 215 Å². The zero-order chi connectivity index (χ0) is 26.4. The third-order valence-electron chi connectivity index (χ3n) is 7.37. The molecule has 0 saturated carbocycles. The average Bonchev–Trinajstić information content (AvgIpc) is 3.09. The predicted molar refractivity (Wildman–Crippen MR) is 139 cm³/mol. The van der Waals surface area contributed by atoms with E-state index in [1.807, 2.05) is 25.1 Å². The fraction of sp³-hybridized carbons (Fsp3) is 0.286. The number of nitrogens with zero attached hydrogens (tertiary/aromatic N) is 2. The van der Waals surface area contributed by atoms with Crippen molar-refractivity contribution in [1.29, 1.82) is 0 Å². The van der Waals surface area contributed by atoms with Crippen LogP contribution in [0.3, 0.4) is 0 Å². The van der Waals surface area contributed by atoms with Crippen molar-refractivity contribution in [2.75, 3.05) is 17.7 Å². The van der Waals surface area contributed by atoms with Crippen LogP contribution in [0.15, 0.2) is 77.7 Å². The van der Waals surface area contributed by atoms with E-state index in [0.29, 0.717) is 30.5 Å². The minimum atomic E-state index is -3.39. The van der Waals surface area contributed by atoms with Gasteiger partial charge in [-0.15, -0.1) is 0 Å². The third kappa shape index (κ3) is 4.65. The molecule has 1 spiro atoms. The van der Waals surface area contributed by atoms with Gasteiger partial charge in [0.05, 0.1) is 10.6 Å². The first-order chi connectivity index (χ1) is 17.6. The van der Waals surface area contributed by atoms with E-state index in [1.54, 1.807) is 18.2 Å². The van der Waals surface area contributed by atoms with E-state index in [9.17, 15) is 22.4 Å². The summed E-state index contributed by atoms with van der Waals surface area (Å²) in [5.74, 6) is -0.922. The van der Waals surface area contributed by atoms with Crippen LogP contribution >= 0.6 is 0 Å². The summed E-state index contributed by atoms with van der Waals surface area (Å²) in [6.45, 7) is 3.35. The van der Waals surface area contributed by atoms with Crippen molar-refractivity contribution in [2.24, 2.45) is 0 Å². The fourth-order valence-electron chi connectivity index (χ4n) is 5.45. The Bertz CT molecular complexity index is 1460. The molecular formula is C28H28FN3O4S. The number of nitrogens with one attached hydrogen (secondary N) is 1. The molecule has 0 bridgehead atoms. The number of benzene rings is 3. The van der Waals surface area contributed by atoms with Gasteiger partial charge < -0.3 is 0 Å². The zero-order valence-electron chi connectivity index (χ0n) is 20.6. The molecule has 2 aliphatic rings. The van der Waals surface area contributed by atoms with Gasteiger partial charge in [0.15, 0.2) is 9.84 Å². The number of urea groups is 1. The molecule has 2 atom stereocenters. The van der Waals surface area contributed by atoms with Gasteiger partial charge in [0.2, 0.25) is 0 Å². The maximum absolute atomic E-state index is 14.6. The summed E-state index contributed by atoms with van der Waals surface area (Å²) < 4.78 is 38.4. The topological polar surface area (TPSA) is 86.8 Å². The van der Waals surface area contributed by atoms with E-state index >= 15 is 0 Å². The molecule has 3 aromatic carbocycles. The Kier molecular flexibility index (Phi) is 6.37. The van der Waals surface area contributed by atoms with E-state index in [-0.39, 0.29) is 22.5 Å². The van der Waals surface area contributed by atoms with Crippen LogP contribution < -0.4 is 10.2 Å². The lowest BCUT2D eigenvalue weighted by molar-refractivity contribution is -0.125. The molecular weight excluding hydrogens is 493 g/mol. The highest BCUT2D eigenvalue weighted by Crippen LogP contribution is 2.43. The zero-order valence-corrected chi connectivity index (χ0v) is 21.5. The summed E-state index contributed by atoms with van der Waals surface area (Å²) in [6.07, 6.45) is 1.91.